The van der Waals surface area contributed by atoms with Gasteiger partial charge in [-0.3, -0.25) is 14.2 Å². The molecule has 0 saturated heterocycles. The Balaban J connectivity index is 1.54. The third kappa shape index (κ3) is 3.79. The average molecular weight is 418 g/mol. The van der Waals surface area contributed by atoms with Crippen LogP contribution < -0.4 is 10.9 Å². The van der Waals surface area contributed by atoms with Crippen LogP contribution in [0.5, 0.6) is 0 Å². The first-order valence-electron chi connectivity index (χ1n) is 10.2. The van der Waals surface area contributed by atoms with Gasteiger partial charge in [-0.15, -0.1) is 17.9 Å². The lowest BCUT2D eigenvalue weighted by molar-refractivity contribution is -0.119. The summed E-state index contributed by atoms with van der Waals surface area (Å²) >= 11 is 2.99. The maximum Gasteiger partial charge on any atom is 0.263 e. The minimum atomic E-state index is 0.00751. The number of thioether (sulfide) groups is 1. The van der Waals surface area contributed by atoms with Gasteiger partial charge < -0.3 is 5.32 Å². The van der Waals surface area contributed by atoms with Crippen molar-refractivity contribution in [3.8, 4) is 0 Å². The number of amides is 1. The molecular weight excluding hydrogens is 390 g/mol. The predicted octanol–water partition coefficient (Wildman–Crippen LogP) is 3.92. The number of carbonyl (C=O) groups is 1. The maximum absolute atomic E-state index is 13.1. The van der Waals surface area contributed by atoms with Crippen LogP contribution in [0.1, 0.15) is 49.5 Å². The summed E-state index contributed by atoms with van der Waals surface area (Å²) in [7, 11) is 0. The second kappa shape index (κ2) is 8.41. The zero-order valence-corrected chi connectivity index (χ0v) is 18.0. The van der Waals surface area contributed by atoms with Crippen molar-refractivity contribution in [2.75, 3.05) is 5.75 Å². The topological polar surface area (TPSA) is 64.0 Å². The lowest BCUT2D eigenvalue weighted by Crippen LogP contribution is -2.41. The molecule has 1 N–H and O–H groups in total. The Morgan fingerprint density at radius 3 is 2.96 bits per heavy atom. The van der Waals surface area contributed by atoms with Crippen molar-refractivity contribution in [3.63, 3.8) is 0 Å². The number of fused-ring (bicyclic) bond motifs is 3. The van der Waals surface area contributed by atoms with Gasteiger partial charge in [0.05, 0.1) is 11.1 Å². The van der Waals surface area contributed by atoms with E-state index >= 15 is 0 Å². The molecule has 150 valence electrons. The molecule has 2 aromatic heterocycles. The van der Waals surface area contributed by atoms with Gasteiger partial charge >= 0.3 is 0 Å². The molecule has 2 aromatic rings. The fraction of sp³-hybridized carbons (Fsp3) is 0.571. The van der Waals surface area contributed by atoms with Gasteiger partial charge in [-0.05, 0) is 43.6 Å². The Morgan fingerprint density at radius 1 is 1.36 bits per heavy atom. The van der Waals surface area contributed by atoms with Crippen LogP contribution in [-0.4, -0.2) is 27.3 Å². The summed E-state index contributed by atoms with van der Waals surface area (Å²) in [5, 5.41) is 4.58. The minimum Gasteiger partial charge on any atom is -0.352 e. The maximum atomic E-state index is 13.1. The van der Waals surface area contributed by atoms with Crippen molar-refractivity contribution in [1.29, 1.82) is 0 Å². The molecule has 0 unspecified atom stereocenters. The van der Waals surface area contributed by atoms with Gasteiger partial charge in [0.15, 0.2) is 5.16 Å². The Morgan fingerprint density at radius 2 is 2.18 bits per heavy atom. The summed E-state index contributed by atoms with van der Waals surface area (Å²) in [6.07, 6.45) is 9.52. The van der Waals surface area contributed by atoms with Crippen LogP contribution >= 0.6 is 23.1 Å². The smallest absolute Gasteiger partial charge is 0.263 e. The number of allylic oxidation sites excluding steroid dienone is 1. The van der Waals surface area contributed by atoms with Crippen molar-refractivity contribution in [1.82, 2.24) is 14.9 Å². The molecule has 0 bridgehead atoms. The van der Waals surface area contributed by atoms with Crippen molar-refractivity contribution >= 4 is 39.2 Å². The van der Waals surface area contributed by atoms with Gasteiger partial charge in [0.1, 0.15) is 4.83 Å². The summed E-state index contributed by atoms with van der Waals surface area (Å²) in [5.41, 5.74) is 1.20. The number of nitrogens with zero attached hydrogens (tertiary/aromatic N) is 2. The van der Waals surface area contributed by atoms with E-state index in [1.165, 1.54) is 41.5 Å². The average Bonchev–Trinajstić information content (AvgIpc) is 3.25. The van der Waals surface area contributed by atoms with Crippen LogP contribution in [0.2, 0.25) is 0 Å². The summed E-state index contributed by atoms with van der Waals surface area (Å²) in [6, 6.07) is 0.271. The third-order valence-corrected chi connectivity index (χ3v) is 8.05. The number of nitrogens with one attached hydrogen (secondary N) is 1. The van der Waals surface area contributed by atoms with Crippen LogP contribution in [-0.2, 0) is 24.2 Å². The lowest BCUT2D eigenvalue weighted by atomic mass is 9.86. The molecule has 1 fully saturated rings. The highest BCUT2D eigenvalue weighted by atomic mass is 32.2. The Labute approximate surface area is 173 Å². The quantitative estimate of drug-likeness (QED) is 0.440. The number of aryl methyl sites for hydroxylation is 2. The SMILES string of the molecule is C=CCn1c(SCC(=O)N[C@@H]2CCCC[C@H]2C)nc2sc3c(c2c1=O)CCC3. The zero-order valence-electron chi connectivity index (χ0n) is 16.3. The molecule has 2 heterocycles. The Kier molecular flexibility index (Phi) is 5.92. The molecule has 2 aliphatic rings. The van der Waals surface area contributed by atoms with E-state index in [1.807, 2.05) is 0 Å². The summed E-state index contributed by atoms with van der Waals surface area (Å²) < 4.78 is 1.67. The summed E-state index contributed by atoms with van der Waals surface area (Å²) in [5.74, 6) is 0.838. The number of aromatic nitrogens is 2. The van der Waals surface area contributed by atoms with E-state index in [-0.39, 0.29) is 23.3 Å². The molecule has 1 amide bonds. The van der Waals surface area contributed by atoms with Crippen LogP contribution in [0.15, 0.2) is 22.6 Å². The molecule has 2 aliphatic carbocycles. The summed E-state index contributed by atoms with van der Waals surface area (Å²) in [6.45, 7) is 6.41. The fourth-order valence-corrected chi connectivity index (χ4v) is 6.49. The van der Waals surface area contributed by atoms with Crippen LogP contribution in [0.25, 0.3) is 10.2 Å². The molecule has 1 saturated carbocycles. The highest BCUT2D eigenvalue weighted by Crippen LogP contribution is 2.35. The van der Waals surface area contributed by atoms with E-state index < -0.39 is 0 Å². The van der Waals surface area contributed by atoms with Crippen molar-refractivity contribution in [2.45, 2.75) is 69.6 Å². The molecule has 0 aliphatic heterocycles. The molecule has 28 heavy (non-hydrogen) atoms. The van der Waals surface area contributed by atoms with E-state index in [0.717, 1.165) is 35.9 Å². The van der Waals surface area contributed by atoms with E-state index in [1.54, 1.807) is 22.0 Å². The molecule has 5 nitrogen and oxygen atoms in total. The molecule has 0 aromatic carbocycles. The number of carbonyl (C=O) groups excluding carboxylic acids is 1. The first-order chi connectivity index (χ1) is 13.6. The molecule has 0 spiro atoms. The summed E-state index contributed by atoms with van der Waals surface area (Å²) in [4.78, 5) is 32.5. The van der Waals surface area contributed by atoms with Crippen molar-refractivity contribution in [2.24, 2.45) is 5.92 Å². The fourth-order valence-electron chi connectivity index (χ4n) is 4.37. The van der Waals surface area contributed by atoms with Crippen LogP contribution in [0.4, 0.5) is 0 Å². The van der Waals surface area contributed by atoms with Gasteiger partial charge in [0, 0.05) is 17.5 Å². The van der Waals surface area contributed by atoms with Crippen molar-refractivity contribution in [3.05, 3.63) is 33.4 Å². The Hall–Kier alpha value is -1.60. The first kappa shape index (κ1) is 19.7. The number of rotatable bonds is 6. The third-order valence-electron chi connectivity index (χ3n) is 5.89. The second-order valence-corrected chi connectivity index (χ2v) is 9.89. The Bertz CT molecular complexity index is 963. The molecule has 7 heteroatoms. The largest absolute Gasteiger partial charge is 0.352 e. The van der Waals surface area contributed by atoms with Gasteiger partial charge in [-0.1, -0.05) is 37.6 Å². The van der Waals surface area contributed by atoms with E-state index in [4.69, 9.17) is 4.98 Å². The lowest BCUT2D eigenvalue weighted by Gasteiger charge is -2.29. The number of hydrogen-bond donors (Lipinski definition) is 1. The number of thiophene rings is 1. The zero-order chi connectivity index (χ0) is 19.7. The monoisotopic (exact) mass is 417 g/mol. The second-order valence-electron chi connectivity index (χ2n) is 7.86. The highest BCUT2D eigenvalue weighted by Gasteiger charge is 2.25. The first-order valence-corrected chi connectivity index (χ1v) is 12.0. The van der Waals surface area contributed by atoms with E-state index in [9.17, 15) is 9.59 Å². The minimum absolute atomic E-state index is 0.00751. The van der Waals surface area contributed by atoms with E-state index in [2.05, 4.69) is 18.8 Å². The van der Waals surface area contributed by atoms with Crippen LogP contribution in [0, 0.1) is 5.92 Å². The molecule has 2 atom stereocenters. The standard InChI is InChI=1S/C21H27N3O2S2/c1-3-11-24-20(26)18-14-8-6-10-16(14)28-19(18)23-21(24)27-12-17(25)22-15-9-5-4-7-13(15)2/h3,13,15H,1,4-12H2,2H3,(H,22,25)/t13-,15-/m1/s1. The van der Waals surface area contributed by atoms with E-state index in [0.29, 0.717) is 17.6 Å². The molecule has 0 radical (unpaired) electrons. The van der Waals surface area contributed by atoms with Crippen LogP contribution in [0.3, 0.4) is 0 Å². The normalized spacial score (nSPS) is 21.6. The molecular formula is C21H27N3O2S2. The van der Waals surface area contributed by atoms with Gasteiger partial charge in [-0.25, -0.2) is 4.98 Å². The van der Waals surface area contributed by atoms with Gasteiger partial charge in [0.2, 0.25) is 5.91 Å². The highest BCUT2D eigenvalue weighted by molar-refractivity contribution is 7.99. The number of hydrogen-bond acceptors (Lipinski definition) is 5. The predicted molar refractivity (Wildman–Crippen MR) is 116 cm³/mol. The van der Waals surface area contributed by atoms with Gasteiger partial charge in [0.25, 0.3) is 5.56 Å². The molecule has 4 rings (SSSR count). The van der Waals surface area contributed by atoms with Gasteiger partial charge in [-0.2, -0.15) is 0 Å². The van der Waals surface area contributed by atoms with Crippen molar-refractivity contribution < 1.29 is 4.79 Å².